The minimum absolute atomic E-state index is 0.000993. The Morgan fingerprint density at radius 3 is 2.36 bits per heavy atom. The zero-order chi connectivity index (χ0) is 19.4. The highest BCUT2D eigenvalue weighted by Gasteiger charge is 2.39. The van der Waals surface area contributed by atoms with E-state index in [2.05, 4.69) is 5.32 Å². The lowest BCUT2D eigenvalue weighted by Gasteiger charge is -2.30. The molecule has 0 spiro atoms. The number of nitrogens with zero attached hydrogens (tertiary/aromatic N) is 1. The second-order valence-corrected chi connectivity index (χ2v) is 6.97. The van der Waals surface area contributed by atoms with Gasteiger partial charge in [-0.05, 0) is 44.2 Å². The first-order chi connectivity index (χ1) is 11.6. The number of carboxylic acids is 1. The fraction of sp³-hybridized carbons (Fsp3) is 0.632. The number of aliphatic carboxylic acids is 1. The summed E-state index contributed by atoms with van der Waals surface area (Å²) < 4.78 is 1.65. The molecule has 1 amide bonds. The van der Waals surface area contributed by atoms with Gasteiger partial charge < -0.3 is 15.0 Å². The first-order valence-electron chi connectivity index (χ1n) is 8.89. The molecule has 1 aromatic rings. The average molecular weight is 350 g/mol. The van der Waals surface area contributed by atoms with Crippen molar-refractivity contribution in [1.29, 1.82) is 0 Å². The van der Waals surface area contributed by atoms with Gasteiger partial charge in [-0.15, -0.1) is 0 Å². The summed E-state index contributed by atoms with van der Waals surface area (Å²) >= 11 is 0. The molecule has 1 atom stereocenters. The number of rotatable bonds is 8. The van der Waals surface area contributed by atoms with Gasteiger partial charge in [0.25, 0.3) is 11.5 Å². The van der Waals surface area contributed by atoms with E-state index in [-0.39, 0.29) is 17.0 Å². The number of carbonyl (C=O) groups excluding carboxylic acids is 1. The number of pyridine rings is 1. The Bertz CT molecular complexity index is 706. The quantitative estimate of drug-likeness (QED) is 0.754. The summed E-state index contributed by atoms with van der Waals surface area (Å²) in [5.74, 6) is -2.09. The number of unbranched alkanes of at least 4 members (excludes halogenated alkanes) is 1. The van der Waals surface area contributed by atoms with E-state index < -0.39 is 17.4 Å². The molecule has 1 unspecified atom stereocenters. The predicted molar refractivity (Wildman–Crippen MR) is 98.1 cm³/mol. The minimum atomic E-state index is -1.44. The number of amides is 1. The fourth-order valence-electron chi connectivity index (χ4n) is 2.78. The van der Waals surface area contributed by atoms with Crippen LogP contribution in [0.5, 0.6) is 0 Å². The van der Waals surface area contributed by atoms with Crippen molar-refractivity contribution < 1.29 is 14.7 Å². The van der Waals surface area contributed by atoms with Crippen molar-refractivity contribution in [2.45, 2.75) is 72.9 Å². The molecule has 1 aromatic heterocycles. The topological polar surface area (TPSA) is 88.4 Å². The molecule has 6 heteroatoms. The van der Waals surface area contributed by atoms with Crippen LogP contribution in [0.1, 0.15) is 69.1 Å². The molecule has 0 aromatic carbocycles. The third-order valence-corrected chi connectivity index (χ3v) is 4.90. The van der Waals surface area contributed by atoms with Gasteiger partial charge in [-0.25, -0.2) is 4.79 Å². The van der Waals surface area contributed by atoms with Crippen molar-refractivity contribution in [2.75, 3.05) is 0 Å². The number of carboxylic acid groups (broad SMARTS) is 1. The van der Waals surface area contributed by atoms with Crippen molar-refractivity contribution >= 4 is 11.9 Å². The molecule has 25 heavy (non-hydrogen) atoms. The lowest BCUT2D eigenvalue weighted by molar-refractivity contribution is -0.145. The smallest absolute Gasteiger partial charge is 0.329 e. The van der Waals surface area contributed by atoms with E-state index in [9.17, 15) is 19.5 Å². The molecule has 1 heterocycles. The Balaban J connectivity index is 3.38. The van der Waals surface area contributed by atoms with Crippen LogP contribution < -0.4 is 10.9 Å². The van der Waals surface area contributed by atoms with Crippen LogP contribution in [-0.4, -0.2) is 27.1 Å². The third kappa shape index (κ3) is 4.30. The molecule has 0 saturated heterocycles. The summed E-state index contributed by atoms with van der Waals surface area (Å²) in [5, 5.41) is 12.0. The van der Waals surface area contributed by atoms with Gasteiger partial charge in [0.15, 0.2) is 0 Å². The van der Waals surface area contributed by atoms with Gasteiger partial charge in [0.1, 0.15) is 11.1 Å². The van der Waals surface area contributed by atoms with Crippen LogP contribution in [0.15, 0.2) is 10.9 Å². The first kappa shape index (κ1) is 20.9. The molecule has 140 valence electrons. The van der Waals surface area contributed by atoms with E-state index in [4.69, 9.17) is 0 Å². The van der Waals surface area contributed by atoms with Crippen LogP contribution in [0.4, 0.5) is 0 Å². The van der Waals surface area contributed by atoms with Crippen molar-refractivity contribution in [3.05, 3.63) is 33.2 Å². The van der Waals surface area contributed by atoms with Gasteiger partial charge in [0.2, 0.25) is 0 Å². The Kier molecular flexibility index (Phi) is 6.96. The minimum Gasteiger partial charge on any atom is -0.480 e. The molecule has 6 nitrogen and oxygen atoms in total. The molecule has 0 saturated carbocycles. The lowest BCUT2D eigenvalue weighted by Crippen LogP contribution is -2.56. The highest BCUT2D eigenvalue weighted by Crippen LogP contribution is 2.18. The number of nitrogens with one attached hydrogen (secondary N) is 1. The summed E-state index contributed by atoms with van der Waals surface area (Å²) in [4.78, 5) is 37.1. The zero-order valence-electron chi connectivity index (χ0n) is 16.1. The Morgan fingerprint density at radius 2 is 1.92 bits per heavy atom. The second-order valence-electron chi connectivity index (χ2n) is 6.97. The predicted octanol–water partition coefficient (Wildman–Crippen LogP) is 2.75. The summed E-state index contributed by atoms with van der Waals surface area (Å²) in [6.45, 7) is 11.3. The molecular formula is C19H30N2O4. The average Bonchev–Trinajstić information content (AvgIpc) is 2.54. The maximum absolute atomic E-state index is 12.8. The number of hydrogen-bond acceptors (Lipinski definition) is 3. The normalized spacial score (nSPS) is 13.6. The Labute approximate surface area is 149 Å². The lowest BCUT2D eigenvalue weighted by atomic mass is 9.88. The van der Waals surface area contributed by atoms with Crippen molar-refractivity contribution in [1.82, 2.24) is 9.88 Å². The molecule has 0 radical (unpaired) electrons. The monoisotopic (exact) mass is 350 g/mol. The van der Waals surface area contributed by atoms with Crippen LogP contribution in [0, 0.1) is 12.8 Å². The first-order valence-corrected chi connectivity index (χ1v) is 8.89. The zero-order valence-corrected chi connectivity index (χ0v) is 16.1. The van der Waals surface area contributed by atoms with Crippen molar-refractivity contribution in [2.24, 2.45) is 5.92 Å². The van der Waals surface area contributed by atoms with Crippen LogP contribution >= 0.6 is 0 Å². The van der Waals surface area contributed by atoms with Gasteiger partial charge in [-0.1, -0.05) is 34.1 Å². The fourth-order valence-corrected chi connectivity index (χ4v) is 2.78. The van der Waals surface area contributed by atoms with Gasteiger partial charge in [0, 0.05) is 12.2 Å². The van der Waals surface area contributed by atoms with Crippen LogP contribution in [0.25, 0.3) is 0 Å². The summed E-state index contributed by atoms with van der Waals surface area (Å²) in [5.41, 5.74) is -0.0108. The van der Waals surface area contributed by atoms with Crippen LogP contribution in [0.2, 0.25) is 0 Å². The highest BCUT2D eigenvalue weighted by molar-refractivity contribution is 5.97. The van der Waals surface area contributed by atoms with Gasteiger partial charge in [-0.3, -0.25) is 9.59 Å². The maximum Gasteiger partial charge on any atom is 0.329 e. The van der Waals surface area contributed by atoms with E-state index in [1.807, 2.05) is 20.8 Å². The van der Waals surface area contributed by atoms with Gasteiger partial charge in [0.05, 0.1) is 0 Å². The molecule has 0 aliphatic rings. The van der Waals surface area contributed by atoms with Gasteiger partial charge in [-0.2, -0.15) is 0 Å². The largest absolute Gasteiger partial charge is 0.480 e. The SMILES string of the molecule is CCCCn1c(CC)c(C)cc(C(=O)NC(C)(C(=O)O)C(C)C)c1=O. The van der Waals surface area contributed by atoms with Gasteiger partial charge >= 0.3 is 5.97 Å². The molecule has 0 aliphatic carbocycles. The van der Waals surface area contributed by atoms with E-state index >= 15 is 0 Å². The van der Waals surface area contributed by atoms with Crippen molar-refractivity contribution in [3.8, 4) is 0 Å². The van der Waals surface area contributed by atoms with E-state index in [0.717, 1.165) is 24.1 Å². The van der Waals surface area contributed by atoms with Crippen LogP contribution in [0.3, 0.4) is 0 Å². The Hall–Kier alpha value is -2.11. The van der Waals surface area contributed by atoms with Crippen molar-refractivity contribution in [3.63, 3.8) is 0 Å². The third-order valence-electron chi connectivity index (χ3n) is 4.90. The standard InChI is InChI=1S/C19H30N2O4/c1-7-9-10-21-15(8-2)13(5)11-14(17(21)23)16(22)20-19(6,12(3)4)18(24)25/h11-12H,7-10H2,1-6H3,(H,20,22)(H,24,25). The molecule has 1 rings (SSSR count). The Morgan fingerprint density at radius 1 is 1.32 bits per heavy atom. The number of carbonyl (C=O) groups is 2. The summed E-state index contributed by atoms with van der Waals surface area (Å²) in [7, 11) is 0. The molecule has 0 fully saturated rings. The molecule has 2 N–H and O–H groups in total. The highest BCUT2D eigenvalue weighted by atomic mass is 16.4. The number of aryl methyl sites for hydroxylation is 1. The second kappa shape index (κ2) is 8.32. The number of hydrogen-bond donors (Lipinski definition) is 2. The summed E-state index contributed by atoms with van der Waals surface area (Å²) in [6, 6.07) is 1.57. The maximum atomic E-state index is 12.8. The van der Waals surface area contributed by atoms with E-state index in [0.29, 0.717) is 13.0 Å². The van der Waals surface area contributed by atoms with Crippen LogP contribution in [-0.2, 0) is 17.8 Å². The van der Waals surface area contributed by atoms with E-state index in [1.54, 1.807) is 24.5 Å². The molecule has 0 bridgehead atoms. The van der Waals surface area contributed by atoms with E-state index in [1.165, 1.54) is 6.92 Å². The molecule has 0 aliphatic heterocycles. The molecular weight excluding hydrogens is 320 g/mol. The number of aromatic nitrogens is 1. The summed E-state index contributed by atoms with van der Waals surface area (Å²) in [6.07, 6.45) is 2.48.